The summed E-state index contributed by atoms with van der Waals surface area (Å²) in [5, 5.41) is 9.98. The van der Waals surface area contributed by atoms with Gasteiger partial charge < -0.3 is 5.11 Å². The molecule has 0 aliphatic rings. The Kier molecular flexibility index (Phi) is 3.47. The first-order valence-electron chi connectivity index (χ1n) is 5.98. The Hall–Kier alpha value is -2.09. The van der Waals surface area contributed by atoms with E-state index in [-0.39, 0.29) is 0 Å². The Labute approximate surface area is 108 Å². The number of phenols is 1. The van der Waals surface area contributed by atoms with E-state index >= 15 is 0 Å². The number of aryl methyl sites for hydroxylation is 3. The third-order valence-corrected chi connectivity index (χ3v) is 2.93. The Balaban J connectivity index is 2.38. The van der Waals surface area contributed by atoms with Gasteiger partial charge in [0.1, 0.15) is 5.75 Å². The average molecular weight is 239 g/mol. The van der Waals surface area contributed by atoms with E-state index in [1.165, 1.54) is 0 Å². The molecule has 0 saturated heterocycles. The molecule has 18 heavy (non-hydrogen) atoms. The van der Waals surface area contributed by atoms with Crippen LogP contribution in [-0.2, 0) is 0 Å². The second-order valence-corrected chi connectivity index (χ2v) is 4.56. The maximum absolute atomic E-state index is 9.98. The van der Waals surface area contributed by atoms with Crippen molar-refractivity contribution >= 4 is 11.9 Å². The molecule has 0 fully saturated rings. The molecule has 2 aromatic rings. The SMILES string of the molecule is Cc1cc(C)c(O)c(C=Nc2ccccc2C)c1. The predicted molar refractivity (Wildman–Crippen MR) is 76.0 cm³/mol. The van der Waals surface area contributed by atoms with Crippen LogP contribution in [0.4, 0.5) is 5.69 Å². The zero-order chi connectivity index (χ0) is 13.1. The van der Waals surface area contributed by atoms with Crippen molar-refractivity contribution in [1.29, 1.82) is 0 Å². The third-order valence-electron chi connectivity index (χ3n) is 2.93. The molecule has 92 valence electrons. The molecule has 2 nitrogen and oxygen atoms in total. The minimum atomic E-state index is 0.304. The number of phenolic OH excluding ortho intramolecular Hbond substituents is 1. The standard InChI is InChI=1S/C16H17NO/c1-11-8-13(3)16(18)14(9-11)10-17-15-7-5-4-6-12(15)2/h4-10,18H,1-3H3. The van der Waals surface area contributed by atoms with Crippen LogP contribution in [0.25, 0.3) is 0 Å². The second-order valence-electron chi connectivity index (χ2n) is 4.56. The quantitative estimate of drug-likeness (QED) is 0.787. The molecule has 2 aromatic carbocycles. The summed E-state index contributed by atoms with van der Waals surface area (Å²) in [6.07, 6.45) is 1.72. The lowest BCUT2D eigenvalue weighted by Gasteiger charge is -2.05. The van der Waals surface area contributed by atoms with Crippen molar-refractivity contribution < 1.29 is 5.11 Å². The molecular formula is C16H17NO. The van der Waals surface area contributed by atoms with Gasteiger partial charge in [-0.05, 0) is 49.6 Å². The molecule has 0 radical (unpaired) electrons. The lowest BCUT2D eigenvalue weighted by molar-refractivity contribution is 0.470. The number of aromatic hydroxyl groups is 1. The number of hydrogen-bond donors (Lipinski definition) is 1. The van der Waals surface area contributed by atoms with Gasteiger partial charge in [0.05, 0.1) is 5.69 Å². The van der Waals surface area contributed by atoms with Crippen molar-refractivity contribution in [3.8, 4) is 5.75 Å². The molecular weight excluding hydrogens is 222 g/mol. The highest BCUT2D eigenvalue weighted by molar-refractivity contribution is 5.86. The van der Waals surface area contributed by atoms with Gasteiger partial charge in [-0.15, -0.1) is 0 Å². The molecule has 0 spiro atoms. The van der Waals surface area contributed by atoms with Gasteiger partial charge >= 0.3 is 0 Å². The lowest BCUT2D eigenvalue weighted by Crippen LogP contribution is -1.88. The summed E-state index contributed by atoms with van der Waals surface area (Å²) in [6, 6.07) is 11.8. The van der Waals surface area contributed by atoms with Crippen molar-refractivity contribution in [3.05, 3.63) is 58.7 Å². The largest absolute Gasteiger partial charge is 0.507 e. The second kappa shape index (κ2) is 5.05. The zero-order valence-electron chi connectivity index (χ0n) is 10.9. The van der Waals surface area contributed by atoms with Crippen molar-refractivity contribution in [2.24, 2.45) is 4.99 Å². The Bertz CT molecular complexity index is 600. The fourth-order valence-electron chi connectivity index (χ4n) is 1.94. The first kappa shape index (κ1) is 12.4. The van der Waals surface area contributed by atoms with Crippen molar-refractivity contribution in [3.63, 3.8) is 0 Å². The van der Waals surface area contributed by atoms with Crippen LogP contribution >= 0.6 is 0 Å². The van der Waals surface area contributed by atoms with Crippen LogP contribution in [0, 0.1) is 20.8 Å². The van der Waals surface area contributed by atoms with E-state index in [4.69, 9.17) is 0 Å². The maximum atomic E-state index is 9.98. The van der Waals surface area contributed by atoms with Gasteiger partial charge in [0.15, 0.2) is 0 Å². The van der Waals surface area contributed by atoms with E-state index in [2.05, 4.69) is 4.99 Å². The van der Waals surface area contributed by atoms with Crippen LogP contribution in [0.5, 0.6) is 5.75 Å². The zero-order valence-corrected chi connectivity index (χ0v) is 10.9. The predicted octanol–water partition coefficient (Wildman–Crippen LogP) is 4.07. The molecule has 2 heteroatoms. The first-order valence-corrected chi connectivity index (χ1v) is 5.98. The Morgan fingerprint density at radius 1 is 1.00 bits per heavy atom. The van der Waals surface area contributed by atoms with Gasteiger partial charge in [0.25, 0.3) is 0 Å². The van der Waals surface area contributed by atoms with Gasteiger partial charge in [-0.3, -0.25) is 4.99 Å². The monoisotopic (exact) mass is 239 g/mol. The van der Waals surface area contributed by atoms with E-state index in [0.29, 0.717) is 5.75 Å². The number of nitrogens with zero attached hydrogens (tertiary/aromatic N) is 1. The molecule has 0 bridgehead atoms. The maximum Gasteiger partial charge on any atom is 0.127 e. The number of hydrogen-bond acceptors (Lipinski definition) is 2. The molecule has 2 rings (SSSR count). The highest BCUT2D eigenvalue weighted by atomic mass is 16.3. The van der Waals surface area contributed by atoms with Gasteiger partial charge in [-0.25, -0.2) is 0 Å². The van der Waals surface area contributed by atoms with Crippen LogP contribution in [0.15, 0.2) is 41.4 Å². The third kappa shape index (κ3) is 2.59. The molecule has 0 amide bonds. The summed E-state index contributed by atoms with van der Waals surface area (Å²) in [5.41, 5.74) is 4.81. The van der Waals surface area contributed by atoms with E-state index in [1.807, 2.05) is 57.2 Å². The fraction of sp³-hybridized carbons (Fsp3) is 0.188. The summed E-state index contributed by atoms with van der Waals surface area (Å²) >= 11 is 0. The summed E-state index contributed by atoms with van der Waals surface area (Å²) < 4.78 is 0. The molecule has 0 unspecified atom stereocenters. The number of para-hydroxylation sites is 1. The van der Waals surface area contributed by atoms with Crippen LogP contribution in [0.1, 0.15) is 22.3 Å². The van der Waals surface area contributed by atoms with Gasteiger partial charge in [0, 0.05) is 11.8 Å². The topological polar surface area (TPSA) is 32.6 Å². The first-order chi connectivity index (χ1) is 8.58. The molecule has 0 saturated carbocycles. The smallest absolute Gasteiger partial charge is 0.127 e. The highest BCUT2D eigenvalue weighted by Crippen LogP contribution is 2.23. The van der Waals surface area contributed by atoms with Crippen molar-refractivity contribution in [2.45, 2.75) is 20.8 Å². The van der Waals surface area contributed by atoms with Gasteiger partial charge in [0.2, 0.25) is 0 Å². The van der Waals surface area contributed by atoms with Crippen LogP contribution in [0.3, 0.4) is 0 Å². The number of rotatable bonds is 2. The van der Waals surface area contributed by atoms with Gasteiger partial charge in [-0.1, -0.05) is 24.3 Å². The normalized spacial score (nSPS) is 11.1. The molecule has 0 aliphatic heterocycles. The minimum absolute atomic E-state index is 0.304. The van der Waals surface area contributed by atoms with Crippen LogP contribution < -0.4 is 0 Å². The average Bonchev–Trinajstić information content (AvgIpc) is 2.33. The summed E-state index contributed by atoms with van der Waals surface area (Å²) in [6.45, 7) is 5.93. The number of benzene rings is 2. The molecule has 1 N–H and O–H groups in total. The highest BCUT2D eigenvalue weighted by Gasteiger charge is 2.03. The van der Waals surface area contributed by atoms with E-state index in [0.717, 1.165) is 27.9 Å². The lowest BCUT2D eigenvalue weighted by atomic mass is 10.1. The molecule has 0 aromatic heterocycles. The van der Waals surface area contributed by atoms with E-state index in [1.54, 1.807) is 6.21 Å². The summed E-state index contributed by atoms with van der Waals surface area (Å²) in [5.74, 6) is 0.304. The minimum Gasteiger partial charge on any atom is -0.507 e. The van der Waals surface area contributed by atoms with E-state index in [9.17, 15) is 5.11 Å². The Morgan fingerprint density at radius 2 is 1.72 bits per heavy atom. The number of aliphatic imine (C=N–C) groups is 1. The summed E-state index contributed by atoms with van der Waals surface area (Å²) in [4.78, 5) is 4.43. The van der Waals surface area contributed by atoms with Crippen LogP contribution in [-0.4, -0.2) is 11.3 Å². The van der Waals surface area contributed by atoms with Crippen molar-refractivity contribution in [2.75, 3.05) is 0 Å². The van der Waals surface area contributed by atoms with Crippen LogP contribution in [0.2, 0.25) is 0 Å². The Morgan fingerprint density at radius 3 is 2.44 bits per heavy atom. The molecule has 0 aliphatic carbocycles. The fourth-order valence-corrected chi connectivity index (χ4v) is 1.94. The van der Waals surface area contributed by atoms with Crippen molar-refractivity contribution in [1.82, 2.24) is 0 Å². The molecule has 0 heterocycles. The van der Waals surface area contributed by atoms with E-state index < -0.39 is 0 Å². The van der Waals surface area contributed by atoms with Gasteiger partial charge in [-0.2, -0.15) is 0 Å². The summed E-state index contributed by atoms with van der Waals surface area (Å²) in [7, 11) is 0. The molecule has 0 atom stereocenters.